The van der Waals surface area contributed by atoms with Crippen molar-refractivity contribution in [1.82, 2.24) is 20.1 Å². The molecule has 0 fully saturated rings. The first-order valence-corrected chi connectivity index (χ1v) is 9.26. The smallest absolute Gasteiger partial charge is 0.237 e. The maximum atomic E-state index is 5.45. The fraction of sp³-hybridized carbons (Fsp3) is 0.263. The molecule has 0 aliphatic heterocycles. The molecule has 26 heavy (non-hydrogen) atoms. The normalized spacial score (nSPS) is 12.0. The lowest BCUT2D eigenvalue weighted by Gasteiger charge is -2.10. The number of rotatable bonds is 4. The van der Waals surface area contributed by atoms with E-state index < -0.39 is 0 Å². The second-order valence-corrected chi connectivity index (χ2v) is 7.86. The number of aromatic nitrogens is 4. The Bertz CT molecular complexity index is 1040. The van der Waals surface area contributed by atoms with Crippen LogP contribution in [0.2, 0.25) is 0 Å². The molecule has 0 unspecified atom stereocenters. The van der Waals surface area contributed by atoms with Crippen LogP contribution in [0.15, 0.2) is 56.6 Å². The largest absolute Gasteiger partial charge is 0.461 e. The number of hydrogen-bond acceptors (Lipinski definition) is 7. The molecule has 0 spiro atoms. The quantitative estimate of drug-likeness (QED) is 0.377. The van der Waals surface area contributed by atoms with Gasteiger partial charge in [-0.15, -0.1) is 0 Å². The van der Waals surface area contributed by atoms with Crippen LogP contribution in [0.25, 0.3) is 22.5 Å². The summed E-state index contributed by atoms with van der Waals surface area (Å²) in [6, 6.07) is 11.6. The van der Waals surface area contributed by atoms with E-state index in [-0.39, 0.29) is 5.41 Å². The fourth-order valence-electron chi connectivity index (χ4n) is 2.42. The van der Waals surface area contributed by atoms with E-state index in [1.807, 2.05) is 36.4 Å². The first-order valence-electron chi connectivity index (χ1n) is 8.27. The molecule has 3 aromatic heterocycles. The van der Waals surface area contributed by atoms with Crippen LogP contribution in [0.5, 0.6) is 0 Å². The van der Waals surface area contributed by atoms with Gasteiger partial charge in [-0.3, -0.25) is 0 Å². The zero-order valence-corrected chi connectivity index (χ0v) is 15.6. The standard InChI is InChI=1S/C19H18N4O2S/c1-19(2,3)18-21-15(25-23-18)11-26-17-12-7-4-5-8-13(12)20-16(22-17)14-9-6-10-24-14/h4-10H,11H2,1-3H3. The lowest BCUT2D eigenvalue weighted by molar-refractivity contribution is 0.373. The van der Waals surface area contributed by atoms with E-state index in [0.29, 0.717) is 29.1 Å². The Morgan fingerprint density at radius 3 is 2.58 bits per heavy atom. The van der Waals surface area contributed by atoms with Crippen LogP contribution in [0.1, 0.15) is 32.5 Å². The van der Waals surface area contributed by atoms with E-state index in [1.54, 1.807) is 18.0 Å². The highest BCUT2D eigenvalue weighted by atomic mass is 32.2. The third-order valence-corrected chi connectivity index (χ3v) is 4.76. The molecule has 0 saturated carbocycles. The molecule has 0 atom stereocenters. The Labute approximate surface area is 155 Å². The number of hydrogen-bond donors (Lipinski definition) is 0. The van der Waals surface area contributed by atoms with Crippen LogP contribution < -0.4 is 0 Å². The average molecular weight is 366 g/mol. The van der Waals surface area contributed by atoms with Crippen LogP contribution in [-0.2, 0) is 11.2 Å². The van der Waals surface area contributed by atoms with Gasteiger partial charge in [0.1, 0.15) is 5.03 Å². The Balaban J connectivity index is 1.66. The molecule has 0 aliphatic carbocycles. The Morgan fingerprint density at radius 2 is 1.85 bits per heavy atom. The molecule has 3 heterocycles. The minimum Gasteiger partial charge on any atom is -0.461 e. The summed E-state index contributed by atoms with van der Waals surface area (Å²) in [5.41, 5.74) is 0.734. The minimum absolute atomic E-state index is 0.138. The van der Waals surface area contributed by atoms with Crippen LogP contribution >= 0.6 is 11.8 Å². The highest BCUT2D eigenvalue weighted by molar-refractivity contribution is 7.98. The van der Waals surface area contributed by atoms with E-state index in [4.69, 9.17) is 8.94 Å². The van der Waals surface area contributed by atoms with Gasteiger partial charge in [0.2, 0.25) is 5.89 Å². The van der Waals surface area contributed by atoms with Gasteiger partial charge in [-0.1, -0.05) is 55.9 Å². The lowest BCUT2D eigenvalue weighted by atomic mass is 9.96. The number of furan rings is 1. The van der Waals surface area contributed by atoms with Gasteiger partial charge in [-0.25, -0.2) is 9.97 Å². The lowest BCUT2D eigenvalue weighted by Crippen LogP contribution is -2.13. The molecular formula is C19H18N4O2S. The predicted octanol–water partition coefficient (Wildman–Crippen LogP) is 4.86. The molecule has 0 aliphatic rings. The molecule has 0 bridgehead atoms. The molecule has 4 rings (SSSR count). The second kappa shape index (κ2) is 6.57. The number of fused-ring (bicyclic) bond motifs is 1. The van der Waals surface area contributed by atoms with Crippen molar-refractivity contribution in [1.29, 1.82) is 0 Å². The topological polar surface area (TPSA) is 77.8 Å². The van der Waals surface area contributed by atoms with Crippen molar-refractivity contribution in [2.75, 3.05) is 0 Å². The van der Waals surface area contributed by atoms with Gasteiger partial charge in [-0.2, -0.15) is 4.98 Å². The van der Waals surface area contributed by atoms with Gasteiger partial charge < -0.3 is 8.94 Å². The second-order valence-electron chi connectivity index (χ2n) is 6.90. The third-order valence-electron chi connectivity index (χ3n) is 3.78. The van der Waals surface area contributed by atoms with E-state index in [2.05, 4.69) is 40.9 Å². The number of benzene rings is 1. The Hall–Kier alpha value is -2.67. The molecule has 0 radical (unpaired) electrons. The van der Waals surface area contributed by atoms with E-state index in [1.165, 1.54) is 0 Å². The fourth-order valence-corrected chi connectivity index (χ4v) is 3.28. The SMILES string of the molecule is CC(C)(C)c1noc(CSc2nc(-c3ccco3)nc3ccccc23)n1. The molecular weight excluding hydrogens is 348 g/mol. The summed E-state index contributed by atoms with van der Waals surface area (Å²) in [4.78, 5) is 13.8. The monoisotopic (exact) mass is 366 g/mol. The van der Waals surface area contributed by atoms with Crippen molar-refractivity contribution < 1.29 is 8.94 Å². The van der Waals surface area contributed by atoms with E-state index in [0.717, 1.165) is 15.9 Å². The maximum absolute atomic E-state index is 5.45. The first-order chi connectivity index (χ1) is 12.5. The summed E-state index contributed by atoms with van der Waals surface area (Å²) in [6.45, 7) is 6.17. The van der Waals surface area contributed by atoms with Crippen molar-refractivity contribution in [2.45, 2.75) is 37.0 Å². The molecule has 132 valence electrons. The summed E-state index contributed by atoms with van der Waals surface area (Å²) in [5, 5.41) is 5.92. The average Bonchev–Trinajstić information content (AvgIpc) is 3.30. The van der Waals surface area contributed by atoms with Gasteiger partial charge in [0.25, 0.3) is 0 Å². The van der Waals surface area contributed by atoms with Gasteiger partial charge in [0, 0.05) is 10.8 Å². The van der Waals surface area contributed by atoms with Crippen molar-refractivity contribution >= 4 is 22.7 Å². The number of para-hydroxylation sites is 1. The maximum Gasteiger partial charge on any atom is 0.237 e. The highest BCUT2D eigenvalue weighted by Gasteiger charge is 2.21. The zero-order chi connectivity index (χ0) is 18.1. The molecule has 4 aromatic rings. The minimum atomic E-state index is -0.138. The summed E-state index contributed by atoms with van der Waals surface area (Å²) in [7, 11) is 0. The van der Waals surface area contributed by atoms with Crippen LogP contribution in [0.4, 0.5) is 0 Å². The van der Waals surface area contributed by atoms with Crippen molar-refractivity contribution in [2.24, 2.45) is 0 Å². The van der Waals surface area contributed by atoms with Gasteiger partial charge in [0.15, 0.2) is 17.4 Å². The molecule has 0 saturated heterocycles. The van der Waals surface area contributed by atoms with Gasteiger partial charge >= 0.3 is 0 Å². The Morgan fingerprint density at radius 1 is 1.00 bits per heavy atom. The van der Waals surface area contributed by atoms with Crippen LogP contribution in [0.3, 0.4) is 0 Å². The molecule has 6 nitrogen and oxygen atoms in total. The molecule has 0 N–H and O–H groups in total. The highest BCUT2D eigenvalue weighted by Crippen LogP contribution is 2.30. The Kier molecular flexibility index (Phi) is 4.24. The number of nitrogens with zero attached hydrogens (tertiary/aromatic N) is 4. The van der Waals surface area contributed by atoms with Crippen LogP contribution in [-0.4, -0.2) is 20.1 Å². The zero-order valence-electron chi connectivity index (χ0n) is 14.8. The summed E-state index contributed by atoms with van der Waals surface area (Å²) in [5.74, 6) is 3.04. The van der Waals surface area contributed by atoms with Crippen LogP contribution in [0, 0.1) is 0 Å². The van der Waals surface area contributed by atoms with E-state index >= 15 is 0 Å². The summed E-state index contributed by atoms with van der Waals surface area (Å²) in [6.07, 6.45) is 1.62. The van der Waals surface area contributed by atoms with Crippen molar-refractivity contribution in [3.8, 4) is 11.6 Å². The molecule has 0 amide bonds. The third kappa shape index (κ3) is 3.35. The summed E-state index contributed by atoms with van der Waals surface area (Å²) < 4.78 is 10.8. The number of thioether (sulfide) groups is 1. The molecule has 7 heteroatoms. The van der Waals surface area contributed by atoms with Crippen molar-refractivity contribution in [3.63, 3.8) is 0 Å². The van der Waals surface area contributed by atoms with Gasteiger partial charge in [0.05, 0.1) is 17.5 Å². The van der Waals surface area contributed by atoms with Gasteiger partial charge in [-0.05, 0) is 18.2 Å². The molecule has 1 aromatic carbocycles. The predicted molar refractivity (Wildman–Crippen MR) is 99.8 cm³/mol. The van der Waals surface area contributed by atoms with Crippen molar-refractivity contribution in [3.05, 3.63) is 54.4 Å². The van der Waals surface area contributed by atoms with E-state index in [9.17, 15) is 0 Å². The first kappa shape index (κ1) is 16.8. The summed E-state index contributed by atoms with van der Waals surface area (Å²) >= 11 is 1.55.